The van der Waals surface area contributed by atoms with Crippen LogP contribution in [0, 0.1) is 0 Å². The molecular formula is C25H24N6O2. The first-order chi connectivity index (χ1) is 16.2. The van der Waals surface area contributed by atoms with E-state index >= 15 is 0 Å². The number of nitrogens with zero attached hydrogens (tertiary/aromatic N) is 6. The Kier molecular flexibility index (Phi) is 5.56. The van der Waals surface area contributed by atoms with Gasteiger partial charge in [-0.3, -0.25) is 9.59 Å². The lowest BCUT2D eigenvalue weighted by atomic mass is 10.1. The monoisotopic (exact) mass is 440 g/mol. The summed E-state index contributed by atoms with van der Waals surface area (Å²) >= 11 is 0. The van der Waals surface area contributed by atoms with Crippen LogP contribution >= 0.6 is 0 Å². The second-order valence-electron chi connectivity index (χ2n) is 7.90. The van der Waals surface area contributed by atoms with Gasteiger partial charge >= 0.3 is 0 Å². The molecule has 33 heavy (non-hydrogen) atoms. The molecule has 0 atom stereocenters. The van der Waals surface area contributed by atoms with Crippen molar-refractivity contribution in [2.24, 2.45) is 0 Å². The maximum absolute atomic E-state index is 13.4. The molecule has 1 aliphatic heterocycles. The molecule has 2 aromatic carbocycles. The van der Waals surface area contributed by atoms with Gasteiger partial charge in [-0.25, -0.2) is 14.6 Å². The number of hydrogen-bond donors (Lipinski definition) is 0. The molecule has 1 amide bonds. The van der Waals surface area contributed by atoms with Crippen molar-refractivity contribution in [2.45, 2.75) is 13.5 Å². The summed E-state index contributed by atoms with van der Waals surface area (Å²) in [7, 11) is 0. The number of aromatic nitrogens is 4. The summed E-state index contributed by atoms with van der Waals surface area (Å²) in [4.78, 5) is 39.1. The van der Waals surface area contributed by atoms with Gasteiger partial charge in [-0.15, -0.1) is 0 Å². The van der Waals surface area contributed by atoms with Crippen LogP contribution in [0.3, 0.4) is 0 Å². The standard InChI is InChI=1S/C25H24N6O2/c1-2-31-24(32)20-11-7-6-10-19(20)22(28-31)25(33)30-16-14-29(15-17-30)21-12-13-26-23(27-21)18-8-4-3-5-9-18/h3-13H,2,14-17H2,1H3. The fourth-order valence-corrected chi connectivity index (χ4v) is 4.15. The fraction of sp³-hybridized carbons (Fsp3) is 0.240. The van der Waals surface area contributed by atoms with E-state index in [0.717, 1.165) is 11.4 Å². The summed E-state index contributed by atoms with van der Waals surface area (Å²) in [5.74, 6) is 1.38. The zero-order chi connectivity index (χ0) is 22.8. The summed E-state index contributed by atoms with van der Waals surface area (Å²) < 4.78 is 1.36. The number of hydrogen-bond acceptors (Lipinski definition) is 6. The Bertz CT molecular complexity index is 1360. The number of anilines is 1. The van der Waals surface area contributed by atoms with Crippen molar-refractivity contribution in [2.75, 3.05) is 31.1 Å². The first-order valence-electron chi connectivity index (χ1n) is 11.1. The maximum atomic E-state index is 13.4. The molecule has 8 nitrogen and oxygen atoms in total. The van der Waals surface area contributed by atoms with Gasteiger partial charge in [0.1, 0.15) is 5.82 Å². The second kappa shape index (κ2) is 8.82. The van der Waals surface area contributed by atoms with Crippen LogP contribution in [0.4, 0.5) is 5.82 Å². The van der Waals surface area contributed by atoms with E-state index in [2.05, 4.69) is 15.0 Å². The normalized spacial score (nSPS) is 14.0. The van der Waals surface area contributed by atoms with Gasteiger partial charge in [-0.1, -0.05) is 48.5 Å². The summed E-state index contributed by atoms with van der Waals surface area (Å²) in [6, 6.07) is 19.0. The first kappa shape index (κ1) is 20.8. The number of carbonyl (C=O) groups is 1. The summed E-state index contributed by atoms with van der Waals surface area (Å²) in [6.07, 6.45) is 1.77. The molecule has 4 aromatic rings. The summed E-state index contributed by atoms with van der Waals surface area (Å²) in [5, 5.41) is 5.51. The maximum Gasteiger partial charge on any atom is 0.275 e. The van der Waals surface area contributed by atoms with E-state index in [1.807, 2.05) is 55.5 Å². The Morgan fingerprint density at radius 1 is 0.909 bits per heavy atom. The molecule has 0 spiro atoms. The molecule has 1 fully saturated rings. The predicted molar refractivity (Wildman–Crippen MR) is 127 cm³/mol. The number of aryl methyl sites for hydroxylation is 1. The lowest BCUT2D eigenvalue weighted by molar-refractivity contribution is 0.0740. The largest absolute Gasteiger partial charge is 0.353 e. The van der Waals surface area contributed by atoms with Crippen LogP contribution in [0.15, 0.2) is 71.7 Å². The number of fused-ring (bicyclic) bond motifs is 1. The van der Waals surface area contributed by atoms with E-state index in [4.69, 9.17) is 4.98 Å². The Labute approximate surface area is 191 Å². The van der Waals surface area contributed by atoms with Crippen molar-refractivity contribution in [3.63, 3.8) is 0 Å². The van der Waals surface area contributed by atoms with Gasteiger partial charge in [0, 0.05) is 49.9 Å². The minimum atomic E-state index is -0.174. The topological polar surface area (TPSA) is 84.2 Å². The van der Waals surface area contributed by atoms with E-state index in [0.29, 0.717) is 55.0 Å². The lowest BCUT2D eigenvalue weighted by Gasteiger charge is -2.35. The van der Waals surface area contributed by atoms with Gasteiger partial charge in [0.25, 0.3) is 11.5 Å². The molecule has 5 rings (SSSR count). The van der Waals surface area contributed by atoms with E-state index in [-0.39, 0.29) is 11.5 Å². The highest BCUT2D eigenvalue weighted by Gasteiger charge is 2.26. The third-order valence-corrected chi connectivity index (χ3v) is 5.93. The molecule has 166 valence electrons. The fourth-order valence-electron chi connectivity index (χ4n) is 4.15. The van der Waals surface area contributed by atoms with Crippen molar-refractivity contribution in [1.82, 2.24) is 24.6 Å². The van der Waals surface area contributed by atoms with Gasteiger partial charge in [0.2, 0.25) is 0 Å². The third kappa shape index (κ3) is 3.95. The van der Waals surface area contributed by atoms with Gasteiger partial charge < -0.3 is 9.80 Å². The van der Waals surface area contributed by atoms with Crippen molar-refractivity contribution < 1.29 is 4.79 Å². The minimum absolute atomic E-state index is 0.152. The zero-order valence-electron chi connectivity index (χ0n) is 18.4. The molecule has 0 radical (unpaired) electrons. The molecular weight excluding hydrogens is 416 g/mol. The van der Waals surface area contributed by atoms with Crippen LogP contribution in [-0.2, 0) is 6.54 Å². The molecule has 2 aromatic heterocycles. The molecule has 0 bridgehead atoms. The Balaban J connectivity index is 1.36. The Morgan fingerprint density at radius 2 is 1.61 bits per heavy atom. The van der Waals surface area contributed by atoms with E-state index in [1.54, 1.807) is 23.2 Å². The molecule has 1 saturated heterocycles. The highest BCUT2D eigenvalue weighted by atomic mass is 16.2. The predicted octanol–water partition coefficient (Wildman–Crippen LogP) is 2.84. The zero-order valence-corrected chi connectivity index (χ0v) is 18.4. The van der Waals surface area contributed by atoms with Gasteiger partial charge in [0.05, 0.1) is 5.39 Å². The Morgan fingerprint density at radius 3 is 2.33 bits per heavy atom. The van der Waals surface area contributed by atoms with Crippen molar-refractivity contribution in [1.29, 1.82) is 0 Å². The molecule has 0 N–H and O–H groups in total. The summed E-state index contributed by atoms with van der Waals surface area (Å²) in [6.45, 7) is 4.66. The van der Waals surface area contributed by atoms with E-state index in [1.165, 1.54) is 4.68 Å². The number of piperazine rings is 1. The first-order valence-corrected chi connectivity index (χ1v) is 11.1. The van der Waals surface area contributed by atoms with E-state index < -0.39 is 0 Å². The number of rotatable bonds is 4. The van der Waals surface area contributed by atoms with Crippen molar-refractivity contribution >= 4 is 22.5 Å². The SMILES string of the molecule is CCn1nc(C(=O)N2CCN(c3ccnc(-c4ccccc4)n3)CC2)c2ccccc2c1=O. The molecule has 0 aliphatic carbocycles. The lowest BCUT2D eigenvalue weighted by Crippen LogP contribution is -2.49. The average molecular weight is 441 g/mol. The summed E-state index contributed by atoms with van der Waals surface area (Å²) in [5.41, 5.74) is 1.12. The van der Waals surface area contributed by atoms with Crippen LogP contribution < -0.4 is 10.5 Å². The van der Waals surface area contributed by atoms with Crippen LogP contribution in [0.1, 0.15) is 17.4 Å². The number of amides is 1. The van der Waals surface area contributed by atoms with Crippen LogP contribution in [0.5, 0.6) is 0 Å². The minimum Gasteiger partial charge on any atom is -0.353 e. The third-order valence-electron chi connectivity index (χ3n) is 5.93. The molecule has 0 saturated carbocycles. The van der Waals surface area contributed by atoms with Gasteiger partial charge in [-0.2, -0.15) is 5.10 Å². The van der Waals surface area contributed by atoms with Gasteiger partial charge in [0.15, 0.2) is 11.5 Å². The van der Waals surface area contributed by atoms with Gasteiger partial charge in [-0.05, 0) is 19.1 Å². The van der Waals surface area contributed by atoms with Crippen LogP contribution in [0.2, 0.25) is 0 Å². The second-order valence-corrected chi connectivity index (χ2v) is 7.90. The Hall–Kier alpha value is -4.07. The van der Waals surface area contributed by atoms with Crippen LogP contribution in [0.25, 0.3) is 22.2 Å². The number of carbonyl (C=O) groups excluding carboxylic acids is 1. The molecule has 1 aliphatic rings. The van der Waals surface area contributed by atoms with Crippen molar-refractivity contribution in [3.8, 4) is 11.4 Å². The number of benzene rings is 2. The smallest absolute Gasteiger partial charge is 0.275 e. The van der Waals surface area contributed by atoms with Crippen molar-refractivity contribution in [3.05, 3.63) is 82.9 Å². The molecule has 8 heteroatoms. The van der Waals surface area contributed by atoms with E-state index in [9.17, 15) is 9.59 Å². The molecule has 0 unspecified atom stereocenters. The average Bonchev–Trinajstić information content (AvgIpc) is 2.89. The highest BCUT2D eigenvalue weighted by molar-refractivity contribution is 6.04. The molecule has 3 heterocycles. The van der Waals surface area contributed by atoms with Crippen LogP contribution in [-0.4, -0.2) is 56.7 Å². The quantitative estimate of drug-likeness (QED) is 0.485. The highest BCUT2D eigenvalue weighted by Crippen LogP contribution is 2.21.